The van der Waals surface area contributed by atoms with Crippen LogP contribution < -0.4 is 5.32 Å². The summed E-state index contributed by atoms with van der Waals surface area (Å²) in [5.41, 5.74) is 1.53. The SMILES string of the molecule is O=C(O)CCC(Cc1ccc(F)c(Cl)c1)NC(=O)OCc1ccccc1. The second-order valence-electron chi connectivity index (χ2n) is 5.79. The maximum Gasteiger partial charge on any atom is 0.407 e. The van der Waals surface area contributed by atoms with Gasteiger partial charge in [0.2, 0.25) is 0 Å². The summed E-state index contributed by atoms with van der Waals surface area (Å²) >= 11 is 5.77. The lowest BCUT2D eigenvalue weighted by atomic mass is 10.0. The van der Waals surface area contributed by atoms with Gasteiger partial charge in [0.1, 0.15) is 12.4 Å². The number of carbonyl (C=O) groups is 2. The van der Waals surface area contributed by atoms with Gasteiger partial charge in [-0.25, -0.2) is 9.18 Å². The van der Waals surface area contributed by atoms with E-state index >= 15 is 0 Å². The third kappa shape index (κ3) is 6.72. The van der Waals surface area contributed by atoms with Gasteiger partial charge in [-0.15, -0.1) is 0 Å². The van der Waals surface area contributed by atoms with E-state index in [1.54, 1.807) is 6.07 Å². The molecule has 0 bridgehead atoms. The van der Waals surface area contributed by atoms with Gasteiger partial charge in [0, 0.05) is 12.5 Å². The predicted molar refractivity (Wildman–Crippen MR) is 95.5 cm³/mol. The van der Waals surface area contributed by atoms with E-state index in [0.717, 1.165) is 5.56 Å². The molecule has 0 aliphatic heterocycles. The quantitative estimate of drug-likeness (QED) is 0.721. The third-order valence-electron chi connectivity index (χ3n) is 3.71. The maximum absolute atomic E-state index is 13.3. The Balaban J connectivity index is 1.95. The highest BCUT2D eigenvalue weighted by Gasteiger charge is 2.16. The van der Waals surface area contributed by atoms with Gasteiger partial charge in [0.25, 0.3) is 0 Å². The number of nitrogens with one attached hydrogen (secondary N) is 1. The fraction of sp³-hybridized carbons (Fsp3) is 0.263. The van der Waals surface area contributed by atoms with Crippen molar-refractivity contribution in [3.8, 4) is 0 Å². The first-order chi connectivity index (χ1) is 12.4. The third-order valence-corrected chi connectivity index (χ3v) is 4.00. The number of amides is 1. The fourth-order valence-electron chi connectivity index (χ4n) is 2.41. The number of halogens is 2. The second kappa shape index (κ2) is 9.77. The molecule has 5 nitrogen and oxygen atoms in total. The van der Waals surface area contributed by atoms with Crippen molar-refractivity contribution in [1.82, 2.24) is 5.32 Å². The molecule has 2 N–H and O–H groups in total. The van der Waals surface area contributed by atoms with E-state index in [4.69, 9.17) is 21.4 Å². The highest BCUT2D eigenvalue weighted by atomic mass is 35.5. The number of rotatable bonds is 8. The van der Waals surface area contributed by atoms with Crippen molar-refractivity contribution in [3.05, 3.63) is 70.5 Å². The monoisotopic (exact) mass is 379 g/mol. The summed E-state index contributed by atoms with van der Waals surface area (Å²) < 4.78 is 18.4. The van der Waals surface area contributed by atoms with Gasteiger partial charge in [-0.1, -0.05) is 48.0 Å². The number of carbonyl (C=O) groups excluding carboxylic acids is 1. The van der Waals surface area contributed by atoms with Gasteiger partial charge in [-0.3, -0.25) is 4.79 Å². The van der Waals surface area contributed by atoms with Crippen LogP contribution in [0.3, 0.4) is 0 Å². The first-order valence-corrected chi connectivity index (χ1v) is 8.45. The van der Waals surface area contributed by atoms with E-state index in [-0.39, 0.29) is 24.5 Å². The molecule has 1 atom stereocenters. The Hall–Kier alpha value is -2.60. The molecule has 0 aliphatic carbocycles. The van der Waals surface area contributed by atoms with Crippen LogP contribution in [0.2, 0.25) is 5.02 Å². The lowest BCUT2D eigenvalue weighted by Gasteiger charge is -2.18. The van der Waals surface area contributed by atoms with Gasteiger partial charge in [0.05, 0.1) is 5.02 Å². The Morgan fingerprint density at radius 1 is 1.15 bits per heavy atom. The van der Waals surface area contributed by atoms with E-state index in [1.807, 2.05) is 30.3 Å². The summed E-state index contributed by atoms with van der Waals surface area (Å²) in [6.45, 7) is 0.112. The molecule has 2 rings (SSSR count). The summed E-state index contributed by atoms with van der Waals surface area (Å²) in [4.78, 5) is 22.9. The summed E-state index contributed by atoms with van der Waals surface area (Å²) in [5.74, 6) is -1.50. The molecule has 26 heavy (non-hydrogen) atoms. The van der Waals surface area contributed by atoms with Gasteiger partial charge in [-0.2, -0.15) is 0 Å². The second-order valence-corrected chi connectivity index (χ2v) is 6.20. The molecule has 0 saturated heterocycles. The Morgan fingerprint density at radius 3 is 2.54 bits per heavy atom. The normalized spacial score (nSPS) is 11.6. The highest BCUT2D eigenvalue weighted by molar-refractivity contribution is 6.30. The number of hydrogen-bond donors (Lipinski definition) is 2. The molecule has 2 aromatic carbocycles. The van der Waals surface area contributed by atoms with Crippen LogP contribution in [-0.2, 0) is 22.6 Å². The number of carboxylic acids is 1. The average molecular weight is 380 g/mol. The Kier molecular flexibility index (Phi) is 7.41. The fourth-order valence-corrected chi connectivity index (χ4v) is 2.61. The van der Waals surface area contributed by atoms with Gasteiger partial charge >= 0.3 is 12.1 Å². The largest absolute Gasteiger partial charge is 0.481 e. The zero-order valence-corrected chi connectivity index (χ0v) is 14.7. The van der Waals surface area contributed by atoms with E-state index in [0.29, 0.717) is 12.0 Å². The van der Waals surface area contributed by atoms with Crippen LogP contribution in [0.5, 0.6) is 0 Å². The average Bonchev–Trinajstić information content (AvgIpc) is 2.62. The number of benzene rings is 2. The van der Waals surface area contributed by atoms with Crippen molar-refractivity contribution in [2.45, 2.75) is 31.9 Å². The molecule has 1 unspecified atom stereocenters. The molecule has 0 radical (unpaired) electrons. The minimum Gasteiger partial charge on any atom is -0.481 e. The van der Waals surface area contributed by atoms with Crippen LogP contribution in [0.25, 0.3) is 0 Å². The molecule has 138 valence electrons. The lowest BCUT2D eigenvalue weighted by Crippen LogP contribution is -2.37. The van der Waals surface area contributed by atoms with Gasteiger partial charge < -0.3 is 15.2 Å². The molecule has 0 fully saturated rings. The van der Waals surface area contributed by atoms with E-state index < -0.39 is 23.9 Å². The molecular formula is C19H19ClFNO4. The zero-order chi connectivity index (χ0) is 18.9. The highest BCUT2D eigenvalue weighted by Crippen LogP contribution is 2.18. The van der Waals surface area contributed by atoms with Crippen LogP contribution >= 0.6 is 11.6 Å². The molecule has 0 spiro atoms. The van der Waals surface area contributed by atoms with Crippen LogP contribution in [0.15, 0.2) is 48.5 Å². The van der Waals surface area contributed by atoms with E-state index in [1.165, 1.54) is 12.1 Å². The van der Waals surface area contributed by atoms with Crippen LogP contribution in [-0.4, -0.2) is 23.2 Å². The number of aliphatic carboxylic acids is 1. The van der Waals surface area contributed by atoms with Crippen molar-refractivity contribution in [2.24, 2.45) is 0 Å². The Bertz CT molecular complexity index is 754. The molecule has 0 saturated carbocycles. The lowest BCUT2D eigenvalue weighted by molar-refractivity contribution is -0.137. The van der Waals surface area contributed by atoms with Gasteiger partial charge in [0.15, 0.2) is 0 Å². The topological polar surface area (TPSA) is 75.6 Å². The molecule has 1 amide bonds. The molecule has 7 heteroatoms. The smallest absolute Gasteiger partial charge is 0.407 e. The molecule has 0 aromatic heterocycles. The first kappa shape index (κ1) is 19.7. The van der Waals surface area contributed by atoms with E-state index in [2.05, 4.69) is 5.32 Å². The maximum atomic E-state index is 13.3. The Labute approximate surface area is 155 Å². The molecule has 2 aromatic rings. The minimum absolute atomic E-state index is 0.0221. The van der Waals surface area contributed by atoms with Crippen LogP contribution in [0, 0.1) is 5.82 Å². The van der Waals surface area contributed by atoms with Crippen LogP contribution in [0.4, 0.5) is 9.18 Å². The number of alkyl carbamates (subject to hydrolysis) is 1. The number of carboxylic acid groups (broad SMARTS) is 1. The van der Waals surface area contributed by atoms with Crippen LogP contribution in [0.1, 0.15) is 24.0 Å². The zero-order valence-electron chi connectivity index (χ0n) is 14.0. The molecule has 0 aliphatic rings. The predicted octanol–water partition coefficient (Wildman–Crippen LogP) is 4.18. The van der Waals surface area contributed by atoms with Crippen molar-refractivity contribution in [2.75, 3.05) is 0 Å². The summed E-state index contributed by atoms with van der Waals surface area (Å²) in [7, 11) is 0. The first-order valence-electron chi connectivity index (χ1n) is 8.07. The standard InChI is InChI=1S/C19H19ClFNO4/c20-16-11-14(6-8-17(16)21)10-15(7-9-18(23)24)22-19(25)26-12-13-4-2-1-3-5-13/h1-6,8,11,15H,7,9-10,12H2,(H,22,25)(H,23,24). The summed E-state index contributed by atoms with van der Waals surface area (Å²) in [6.07, 6.45) is -0.228. The molecule has 0 heterocycles. The van der Waals surface area contributed by atoms with Gasteiger partial charge in [-0.05, 0) is 36.1 Å². The Morgan fingerprint density at radius 2 is 1.88 bits per heavy atom. The van der Waals surface area contributed by atoms with Crippen molar-refractivity contribution < 1.29 is 23.8 Å². The van der Waals surface area contributed by atoms with Crippen molar-refractivity contribution in [3.63, 3.8) is 0 Å². The number of ether oxygens (including phenoxy) is 1. The molecular weight excluding hydrogens is 361 g/mol. The minimum atomic E-state index is -0.966. The van der Waals surface area contributed by atoms with E-state index in [9.17, 15) is 14.0 Å². The summed E-state index contributed by atoms with van der Waals surface area (Å²) in [5, 5.41) is 11.5. The summed E-state index contributed by atoms with van der Waals surface area (Å²) in [6, 6.07) is 13.0. The van der Waals surface area contributed by atoms with Crippen molar-refractivity contribution >= 4 is 23.7 Å². The number of hydrogen-bond acceptors (Lipinski definition) is 3. The van der Waals surface area contributed by atoms with Crippen molar-refractivity contribution in [1.29, 1.82) is 0 Å².